The van der Waals surface area contributed by atoms with Crippen LogP contribution in [0.3, 0.4) is 0 Å². The fourth-order valence-electron chi connectivity index (χ4n) is 2.37. The predicted octanol–water partition coefficient (Wildman–Crippen LogP) is 4.48. The SMILES string of the molecule is COC(=O)C(N=Cc1cc(Cl)cc(OC(=O)c2ccc(C)cc2)c1)C(C)C. The number of rotatable bonds is 6. The van der Waals surface area contributed by atoms with Gasteiger partial charge in [0, 0.05) is 11.2 Å². The summed E-state index contributed by atoms with van der Waals surface area (Å²) in [7, 11) is 1.33. The summed E-state index contributed by atoms with van der Waals surface area (Å²) in [6, 6.07) is 11.3. The van der Waals surface area contributed by atoms with Crippen molar-refractivity contribution in [2.45, 2.75) is 26.8 Å². The number of aryl methyl sites for hydroxylation is 1. The number of esters is 2. The molecule has 0 aromatic heterocycles. The maximum atomic E-state index is 12.3. The molecule has 0 radical (unpaired) electrons. The molecule has 0 saturated carbocycles. The van der Waals surface area contributed by atoms with E-state index in [0.29, 0.717) is 21.9 Å². The zero-order chi connectivity index (χ0) is 20.0. The lowest BCUT2D eigenvalue weighted by atomic mass is 10.1. The van der Waals surface area contributed by atoms with Gasteiger partial charge in [0.1, 0.15) is 11.8 Å². The first-order valence-corrected chi connectivity index (χ1v) is 8.88. The Morgan fingerprint density at radius 2 is 1.78 bits per heavy atom. The van der Waals surface area contributed by atoms with Crippen molar-refractivity contribution in [2.75, 3.05) is 7.11 Å². The average Bonchev–Trinajstić information content (AvgIpc) is 2.61. The Hall–Kier alpha value is -2.66. The second kappa shape index (κ2) is 9.33. The average molecular weight is 388 g/mol. The van der Waals surface area contributed by atoms with Gasteiger partial charge < -0.3 is 9.47 Å². The summed E-state index contributed by atoms with van der Waals surface area (Å²) in [6.07, 6.45) is 1.52. The minimum Gasteiger partial charge on any atom is -0.467 e. The number of benzene rings is 2. The third-order valence-corrected chi connectivity index (χ3v) is 4.07. The molecule has 0 bridgehead atoms. The van der Waals surface area contributed by atoms with Gasteiger partial charge in [0.2, 0.25) is 0 Å². The maximum absolute atomic E-state index is 12.3. The molecular formula is C21H22ClNO4. The summed E-state index contributed by atoms with van der Waals surface area (Å²) >= 11 is 6.12. The van der Waals surface area contributed by atoms with Crippen LogP contribution in [0.25, 0.3) is 0 Å². The Bertz CT molecular complexity index is 844. The molecule has 6 heteroatoms. The Kier molecular flexibility index (Phi) is 7.13. The van der Waals surface area contributed by atoms with E-state index < -0.39 is 18.0 Å². The fourth-order valence-corrected chi connectivity index (χ4v) is 2.60. The van der Waals surface area contributed by atoms with Gasteiger partial charge in [0.05, 0.1) is 12.7 Å². The van der Waals surface area contributed by atoms with Crippen LogP contribution >= 0.6 is 11.6 Å². The topological polar surface area (TPSA) is 65.0 Å². The van der Waals surface area contributed by atoms with Crippen LogP contribution in [0.4, 0.5) is 0 Å². The number of carbonyl (C=O) groups excluding carboxylic acids is 2. The minimum absolute atomic E-state index is 0.0216. The molecule has 0 aliphatic carbocycles. The van der Waals surface area contributed by atoms with E-state index in [1.165, 1.54) is 13.3 Å². The zero-order valence-corrected chi connectivity index (χ0v) is 16.5. The minimum atomic E-state index is -0.618. The lowest BCUT2D eigenvalue weighted by Crippen LogP contribution is -2.26. The third-order valence-electron chi connectivity index (χ3n) is 3.85. The molecule has 0 saturated heterocycles. The van der Waals surface area contributed by atoms with E-state index in [2.05, 4.69) is 4.99 Å². The summed E-state index contributed by atoms with van der Waals surface area (Å²) in [4.78, 5) is 28.4. The van der Waals surface area contributed by atoms with E-state index in [9.17, 15) is 9.59 Å². The van der Waals surface area contributed by atoms with E-state index in [1.54, 1.807) is 30.3 Å². The van der Waals surface area contributed by atoms with Crippen LogP contribution < -0.4 is 4.74 Å². The molecular weight excluding hydrogens is 366 g/mol. The Morgan fingerprint density at radius 1 is 1.11 bits per heavy atom. The summed E-state index contributed by atoms with van der Waals surface area (Å²) in [5.41, 5.74) is 2.11. The molecule has 2 aromatic rings. The fraction of sp³-hybridized carbons (Fsp3) is 0.286. The second-order valence-corrected chi connectivity index (χ2v) is 6.90. The summed E-state index contributed by atoms with van der Waals surface area (Å²) in [6.45, 7) is 5.70. The number of halogens is 1. The molecule has 2 rings (SSSR count). The first-order chi connectivity index (χ1) is 12.8. The van der Waals surface area contributed by atoms with E-state index in [4.69, 9.17) is 21.1 Å². The number of carbonyl (C=O) groups is 2. The van der Waals surface area contributed by atoms with Gasteiger partial charge in [-0.1, -0.05) is 43.1 Å². The Balaban J connectivity index is 2.20. The van der Waals surface area contributed by atoms with Gasteiger partial charge in [-0.25, -0.2) is 9.59 Å². The van der Waals surface area contributed by atoms with Gasteiger partial charge in [-0.15, -0.1) is 0 Å². The van der Waals surface area contributed by atoms with Crippen LogP contribution in [0.1, 0.15) is 35.3 Å². The predicted molar refractivity (Wildman–Crippen MR) is 106 cm³/mol. The van der Waals surface area contributed by atoms with Gasteiger partial charge >= 0.3 is 11.9 Å². The van der Waals surface area contributed by atoms with Crippen molar-refractivity contribution in [3.63, 3.8) is 0 Å². The number of hydrogen-bond donors (Lipinski definition) is 0. The van der Waals surface area contributed by atoms with E-state index in [0.717, 1.165) is 5.56 Å². The number of hydrogen-bond acceptors (Lipinski definition) is 5. The van der Waals surface area contributed by atoms with Crippen LogP contribution in [0.15, 0.2) is 47.5 Å². The van der Waals surface area contributed by atoms with Gasteiger partial charge in [-0.2, -0.15) is 0 Å². The van der Waals surface area contributed by atoms with Gasteiger partial charge in [-0.05, 0) is 48.7 Å². The number of aliphatic imine (C=N–C) groups is 1. The normalized spacial score (nSPS) is 12.2. The number of ether oxygens (including phenoxy) is 2. The first-order valence-electron chi connectivity index (χ1n) is 8.50. The lowest BCUT2D eigenvalue weighted by molar-refractivity contribution is -0.143. The van der Waals surface area contributed by atoms with Crippen LogP contribution in [-0.4, -0.2) is 31.3 Å². The lowest BCUT2D eigenvalue weighted by Gasteiger charge is -2.13. The van der Waals surface area contributed by atoms with E-state index in [-0.39, 0.29) is 5.92 Å². The van der Waals surface area contributed by atoms with Crippen molar-refractivity contribution in [2.24, 2.45) is 10.9 Å². The van der Waals surface area contributed by atoms with Crippen molar-refractivity contribution in [3.05, 3.63) is 64.2 Å². The highest BCUT2D eigenvalue weighted by atomic mass is 35.5. The largest absolute Gasteiger partial charge is 0.467 e. The highest BCUT2D eigenvalue weighted by Gasteiger charge is 2.21. The maximum Gasteiger partial charge on any atom is 0.343 e. The molecule has 1 unspecified atom stereocenters. The highest BCUT2D eigenvalue weighted by Crippen LogP contribution is 2.22. The molecule has 0 spiro atoms. The molecule has 1 atom stereocenters. The van der Waals surface area contributed by atoms with Crippen molar-refractivity contribution >= 4 is 29.8 Å². The van der Waals surface area contributed by atoms with Crippen LogP contribution in [0.5, 0.6) is 5.75 Å². The second-order valence-electron chi connectivity index (χ2n) is 6.47. The summed E-state index contributed by atoms with van der Waals surface area (Å²) < 4.78 is 10.2. The highest BCUT2D eigenvalue weighted by molar-refractivity contribution is 6.31. The molecule has 0 fully saturated rings. The summed E-state index contributed by atoms with van der Waals surface area (Å²) in [5.74, 6) is -0.607. The van der Waals surface area contributed by atoms with Crippen molar-refractivity contribution < 1.29 is 19.1 Å². The van der Waals surface area contributed by atoms with Crippen molar-refractivity contribution in [1.29, 1.82) is 0 Å². The Morgan fingerprint density at radius 3 is 2.37 bits per heavy atom. The van der Waals surface area contributed by atoms with Gasteiger partial charge in [0.15, 0.2) is 0 Å². The van der Waals surface area contributed by atoms with Crippen LogP contribution in [0.2, 0.25) is 5.02 Å². The standard InChI is InChI=1S/C21H22ClNO4/c1-13(2)19(21(25)26-4)23-12-15-9-17(22)11-18(10-15)27-20(24)16-7-5-14(3)6-8-16/h5-13,19H,1-4H3. The zero-order valence-electron chi connectivity index (χ0n) is 15.7. The van der Waals surface area contributed by atoms with Gasteiger partial charge in [0.25, 0.3) is 0 Å². The molecule has 142 valence electrons. The molecule has 0 amide bonds. The molecule has 0 heterocycles. The molecule has 0 aliphatic heterocycles. The Labute approximate surface area is 164 Å². The smallest absolute Gasteiger partial charge is 0.343 e. The monoisotopic (exact) mass is 387 g/mol. The molecule has 27 heavy (non-hydrogen) atoms. The van der Waals surface area contributed by atoms with Crippen molar-refractivity contribution in [1.82, 2.24) is 0 Å². The molecule has 0 N–H and O–H groups in total. The number of methoxy groups -OCH3 is 1. The molecule has 0 aliphatic rings. The molecule has 2 aromatic carbocycles. The quantitative estimate of drug-likeness (QED) is 0.416. The third kappa shape index (κ3) is 5.93. The first kappa shape index (κ1) is 20.6. The number of nitrogens with zero attached hydrogens (tertiary/aromatic N) is 1. The van der Waals surface area contributed by atoms with Crippen molar-refractivity contribution in [3.8, 4) is 5.75 Å². The van der Waals surface area contributed by atoms with Gasteiger partial charge in [-0.3, -0.25) is 4.99 Å². The molecule has 5 nitrogen and oxygen atoms in total. The van der Waals surface area contributed by atoms with E-state index in [1.807, 2.05) is 32.9 Å². The van der Waals surface area contributed by atoms with Crippen LogP contribution in [0, 0.1) is 12.8 Å². The van der Waals surface area contributed by atoms with E-state index >= 15 is 0 Å². The van der Waals surface area contributed by atoms with Crippen LogP contribution in [-0.2, 0) is 9.53 Å². The summed E-state index contributed by atoms with van der Waals surface area (Å²) in [5, 5.41) is 0.393.